The van der Waals surface area contributed by atoms with Crippen LogP contribution in [-0.2, 0) is 11.2 Å². The Bertz CT molecular complexity index is 727. The minimum atomic E-state index is -0.703. The van der Waals surface area contributed by atoms with Crippen LogP contribution in [0.5, 0.6) is 0 Å². The lowest BCUT2D eigenvalue weighted by Gasteiger charge is -2.36. The molecule has 0 aromatic carbocycles. The van der Waals surface area contributed by atoms with E-state index in [2.05, 4.69) is 20.3 Å². The number of piperidine rings is 1. The van der Waals surface area contributed by atoms with Crippen LogP contribution in [0.15, 0.2) is 27.4 Å². The second-order valence-corrected chi connectivity index (χ2v) is 6.12. The second-order valence-electron chi connectivity index (χ2n) is 6.12. The average Bonchev–Trinajstić information content (AvgIpc) is 3.26. The molecule has 3 rings (SSSR count). The molecule has 2 aromatic heterocycles. The summed E-state index contributed by atoms with van der Waals surface area (Å²) in [6, 6.07) is 3.22. The Hall–Kier alpha value is -2.68. The standard InChI is InChI=1S/C16H20N4O5/c1-10-12(19-25-18-10)7-15(22)20-5-4-11(13(21)9-20)8-17-16(23)14-3-2-6-24-14/h2-3,6,11,13,21H,4-5,7-9H2,1H3,(H,17,23). The van der Waals surface area contributed by atoms with Crippen LogP contribution in [-0.4, -0.2) is 57.9 Å². The van der Waals surface area contributed by atoms with Gasteiger partial charge in [-0.05, 0) is 25.5 Å². The maximum atomic E-state index is 12.3. The molecule has 0 spiro atoms. The molecule has 1 saturated heterocycles. The van der Waals surface area contributed by atoms with Crippen molar-refractivity contribution in [2.45, 2.75) is 25.9 Å². The van der Waals surface area contributed by atoms with Gasteiger partial charge < -0.3 is 19.7 Å². The van der Waals surface area contributed by atoms with Crippen molar-refractivity contribution in [2.24, 2.45) is 5.92 Å². The summed E-state index contributed by atoms with van der Waals surface area (Å²) in [5.41, 5.74) is 1.09. The summed E-state index contributed by atoms with van der Waals surface area (Å²) in [5, 5.41) is 20.4. The fourth-order valence-corrected chi connectivity index (χ4v) is 2.83. The lowest BCUT2D eigenvalue weighted by atomic mass is 9.93. The fourth-order valence-electron chi connectivity index (χ4n) is 2.83. The monoisotopic (exact) mass is 348 g/mol. The number of hydrogen-bond donors (Lipinski definition) is 2. The molecule has 2 amide bonds. The van der Waals surface area contributed by atoms with Gasteiger partial charge in [0.05, 0.1) is 18.8 Å². The smallest absolute Gasteiger partial charge is 0.286 e. The van der Waals surface area contributed by atoms with E-state index >= 15 is 0 Å². The van der Waals surface area contributed by atoms with Crippen LogP contribution in [0.4, 0.5) is 0 Å². The maximum Gasteiger partial charge on any atom is 0.286 e. The molecule has 0 bridgehead atoms. The highest BCUT2D eigenvalue weighted by atomic mass is 16.6. The maximum absolute atomic E-state index is 12.3. The van der Waals surface area contributed by atoms with Crippen molar-refractivity contribution < 1.29 is 23.7 Å². The highest BCUT2D eigenvalue weighted by Gasteiger charge is 2.31. The van der Waals surface area contributed by atoms with Gasteiger partial charge in [-0.3, -0.25) is 9.59 Å². The zero-order valence-electron chi connectivity index (χ0n) is 13.8. The van der Waals surface area contributed by atoms with Crippen LogP contribution in [0.1, 0.15) is 28.4 Å². The summed E-state index contributed by atoms with van der Waals surface area (Å²) in [5.74, 6) is -0.322. The normalized spacial score (nSPS) is 20.5. The minimum Gasteiger partial charge on any atom is -0.459 e. The van der Waals surface area contributed by atoms with E-state index in [4.69, 9.17) is 4.42 Å². The summed E-state index contributed by atoms with van der Waals surface area (Å²) in [4.78, 5) is 25.8. The molecule has 134 valence electrons. The van der Waals surface area contributed by atoms with Gasteiger partial charge in [-0.1, -0.05) is 10.3 Å². The van der Waals surface area contributed by atoms with Crippen LogP contribution in [0.2, 0.25) is 0 Å². The third-order valence-electron chi connectivity index (χ3n) is 4.41. The molecule has 2 unspecified atom stereocenters. The van der Waals surface area contributed by atoms with E-state index in [9.17, 15) is 14.7 Å². The second kappa shape index (κ2) is 7.47. The van der Waals surface area contributed by atoms with Crippen molar-refractivity contribution in [1.29, 1.82) is 0 Å². The van der Waals surface area contributed by atoms with E-state index in [-0.39, 0.29) is 36.5 Å². The van der Waals surface area contributed by atoms with Crippen LogP contribution in [0, 0.1) is 12.8 Å². The topological polar surface area (TPSA) is 122 Å². The molecular weight excluding hydrogens is 328 g/mol. The number of hydrogen-bond acceptors (Lipinski definition) is 7. The third kappa shape index (κ3) is 4.05. The Morgan fingerprint density at radius 2 is 2.28 bits per heavy atom. The number of carbonyl (C=O) groups excluding carboxylic acids is 2. The molecule has 1 aliphatic heterocycles. The summed E-state index contributed by atoms with van der Waals surface area (Å²) < 4.78 is 9.61. The predicted octanol–water partition coefficient (Wildman–Crippen LogP) is 0.153. The molecule has 1 fully saturated rings. The van der Waals surface area contributed by atoms with E-state index in [1.165, 1.54) is 6.26 Å². The average molecular weight is 348 g/mol. The first-order valence-electron chi connectivity index (χ1n) is 8.10. The number of nitrogens with one attached hydrogen (secondary N) is 1. The number of aryl methyl sites for hydroxylation is 1. The van der Waals surface area contributed by atoms with Gasteiger partial charge >= 0.3 is 0 Å². The van der Waals surface area contributed by atoms with Crippen LogP contribution in [0.3, 0.4) is 0 Å². The molecule has 0 aliphatic carbocycles. The third-order valence-corrected chi connectivity index (χ3v) is 4.41. The van der Waals surface area contributed by atoms with Crippen LogP contribution >= 0.6 is 0 Å². The number of carbonyl (C=O) groups is 2. The van der Waals surface area contributed by atoms with Crippen molar-refractivity contribution in [3.05, 3.63) is 35.5 Å². The van der Waals surface area contributed by atoms with E-state index in [1.807, 2.05) is 0 Å². The molecule has 2 atom stereocenters. The molecule has 2 N–H and O–H groups in total. The van der Waals surface area contributed by atoms with Gasteiger partial charge in [-0.25, -0.2) is 4.63 Å². The number of aliphatic hydroxyl groups excluding tert-OH is 1. The summed E-state index contributed by atoms with van der Waals surface area (Å²) in [7, 11) is 0. The Balaban J connectivity index is 1.48. The van der Waals surface area contributed by atoms with Crippen molar-refractivity contribution in [3.63, 3.8) is 0 Å². The zero-order chi connectivity index (χ0) is 17.8. The Kier molecular flexibility index (Phi) is 5.13. The van der Waals surface area contributed by atoms with Gasteiger partial charge in [0.1, 0.15) is 11.4 Å². The molecule has 9 nitrogen and oxygen atoms in total. The summed E-state index contributed by atoms with van der Waals surface area (Å²) >= 11 is 0. The lowest BCUT2D eigenvalue weighted by molar-refractivity contribution is -0.135. The number of amides is 2. The zero-order valence-corrected chi connectivity index (χ0v) is 13.8. The lowest BCUT2D eigenvalue weighted by Crippen LogP contribution is -2.50. The largest absolute Gasteiger partial charge is 0.459 e. The van der Waals surface area contributed by atoms with Gasteiger partial charge in [-0.2, -0.15) is 0 Å². The number of rotatable bonds is 5. The van der Waals surface area contributed by atoms with Gasteiger partial charge in [-0.15, -0.1) is 0 Å². The number of nitrogens with zero attached hydrogens (tertiary/aromatic N) is 3. The number of aromatic nitrogens is 2. The van der Waals surface area contributed by atoms with E-state index < -0.39 is 6.10 Å². The number of aliphatic hydroxyl groups is 1. The summed E-state index contributed by atoms with van der Waals surface area (Å²) in [6.07, 6.45) is 1.43. The number of β-amino-alcohol motifs (C(OH)–C–C–N with tert-alkyl or cyclic N) is 1. The Morgan fingerprint density at radius 1 is 1.44 bits per heavy atom. The molecule has 25 heavy (non-hydrogen) atoms. The van der Waals surface area contributed by atoms with Gasteiger partial charge in [0, 0.05) is 25.6 Å². The van der Waals surface area contributed by atoms with Crippen molar-refractivity contribution in [1.82, 2.24) is 20.5 Å². The molecule has 0 saturated carbocycles. The SMILES string of the molecule is Cc1nonc1CC(=O)N1CCC(CNC(=O)c2ccco2)C(O)C1. The van der Waals surface area contributed by atoms with E-state index in [1.54, 1.807) is 24.0 Å². The molecule has 3 heterocycles. The van der Waals surface area contributed by atoms with E-state index in [0.29, 0.717) is 30.9 Å². The molecule has 9 heteroatoms. The van der Waals surface area contributed by atoms with Crippen molar-refractivity contribution in [3.8, 4) is 0 Å². The van der Waals surface area contributed by atoms with Crippen molar-refractivity contribution >= 4 is 11.8 Å². The molecule has 2 aromatic rings. The van der Waals surface area contributed by atoms with E-state index in [0.717, 1.165) is 0 Å². The minimum absolute atomic E-state index is 0.0992. The van der Waals surface area contributed by atoms with Crippen molar-refractivity contribution in [2.75, 3.05) is 19.6 Å². The molecular formula is C16H20N4O5. The predicted molar refractivity (Wildman–Crippen MR) is 84.5 cm³/mol. The Morgan fingerprint density at radius 3 is 2.92 bits per heavy atom. The Labute approximate surface area is 143 Å². The first-order chi connectivity index (χ1) is 12.0. The highest BCUT2D eigenvalue weighted by molar-refractivity contribution is 5.91. The molecule has 1 aliphatic rings. The number of likely N-dealkylation sites (tertiary alicyclic amines) is 1. The van der Waals surface area contributed by atoms with Gasteiger partial charge in [0.15, 0.2) is 5.76 Å². The summed E-state index contributed by atoms with van der Waals surface area (Å²) in [6.45, 7) is 2.79. The number of furan rings is 1. The van der Waals surface area contributed by atoms with Crippen LogP contribution in [0.25, 0.3) is 0 Å². The van der Waals surface area contributed by atoms with Gasteiger partial charge in [0.25, 0.3) is 5.91 Å². The molecule has 0 radical (unpaired) electrons. The fraction of sp³-hybridized carbons (Fsp3) is 0.500. The highest BCUT2D eigenvalue weighted by Crippen LogP contribution is 2.18. The van der Waals surface area contributed by atoms with Crippen LogP contribution < -0.4 is 5.32 Å². The first-order valence-corrected chi connectivity index (χ1v) is 8.10. The van der Waals surface area contributed by atoms with Gasteiger partial charge in [0.2, 0.25) is 5.91 Å². The quantitative estimate of drug-likeness (QED) is 0.789. The first kappa shape index (κ1) is 17.2.